The topological polar surface area (TPSA) is 167 Å². The maximum atomic E-state index is 11.7. The number of aromatic nitrogens is 4. The van der Waals surface area contributed by atoms with Crippen molar-refractivity contribution in [2.24, 2.45) is 0 Å². The third-order valence-corrected chi connectivity index (χ3v) is 8.78. The molecule has 4 heterocycles. The van der Waals surface area contributed by atoms with Crippen molar-refractivity contribution in [1.82, 2.24) is 19.9 Å². The number of nitrogens with zero attached hydrogens (tertiary/aromatic N) is 4. The van der Waals surface area contributed by atoms with E-state index in [0.717, 1.165) is 11.1 Å². The molecule has 0 bridgehead atoms. The van der Waals surface area contributed by atoms with Crippen LogP contribution in [0.1, 0.15) is 0 Å². The zero-order valence-electron chi connectivity index (χ0n) is 22.8. The molecule has 0 aliphatic carbocycles. The summed E-state index contributed by atoms with van der Waals surface area (Å²) in [6.07, 6.45) is 3.33. The van der Waals surface area contributed by atoms with Gasteiger partial charge in [-0.25, -0.2) is 9.97 Å². The minimum atomic E-state index is -4.41. The third kappa shape index (κ3) is 6.46. The molecule has 4 N–H and O–H groups in total. The molecule has 4 aromatic heterocycles. The summed E-state index contributed by atoms with van der Waals surface area (Å²) in [7, 11) is -8.82. The predicted octanol–water partition coefficient (Wildman–Crippen LogP) is 5.21. The van der Waals surface area contributed by atoms with Gasteiger partial charge in [-0.2, -0.15) is 0 Å². The average Bonchev–Trinajstić information content (AvgIpc) is 3.04. The molecule has 0 amide bonds. The average molecular weight is 623 g/mol. The fraction of sp³-hybridized carbons (Fsp3) is 0. The van der Waals surface area contributed by atoms with Crippen molar-refractivity contribution in [2.75, 3.05) is 0 Å². The molecule has 10 nitrogen and oxygen atoms in total. The molecule has 44 heavy (non-hydrogen) atoms. The van der Waals surface area contributed by atoms with E-state index in [1.54, 1.807) is 48.8 Å². The number of rotatable bonds is 7. The van der Waals surface area contributed by atoms with Gasteiger partial charge in [0.05, 0.1) is 44.8 Å². The van der Waals surface area contributed by atoms with E-state index in [4.69, 9.17) is 9.97 Å². The molecule has 0 radical (unpaired) electrons. The summed E-state index contributed by atoms with van der Waals surface area (Å²) in [6.45, 7) is 0. The minimum absolute atomic E-state index is 0.0837. The monoisotopic (exact) mass is 622 g/mol. The summed E-state index contributed by atoms with van der Waals surface area (Å²) in [5.41, 5.74) is 6.25. The van der Waals surface area contributed by atoms with Crippen molar-refractivity contribution >= 4 is 25.8 Å². The first-order valence-corrected chi connectivity index (χ1v) is 16.5. The van der Waals surface area contributed by atoms with Gasteiger partial charge in [-0.15, -0.1) is 0 Å². The third-order valence-electron chi connectivity index (χ3n) is 6.84. The Morgan fingerprint density at radius 3 is 1.05 bits per heavy atom. The van der Waals surface area contributed by atoms with Crippen molar-refractivity contribution in [3.63, 3.8) is 0 Å². The molecule has 2 aromatic carbocycles. The van der Waals surface area contributed by atoms with Crippen molar-refractivity contribution in [3.05, 3.63) is 122 Å². The smallest absolute Gasteiger partial charge is 0.321 e. The summed E-state index contributed by atoms with van der Waals surface area (Å²) in [6, 6.07) is 30.5. The van der Waals surface area contributed by atoms with Gasteiger partial charge in [0, 0.05) is 12.4 Å². The van der Waals surface area contributed by atoms with Gasteiger partial charge in [0.15, 0.2) is 0 Å². The molecule has 6 rings (SSSR count). The SMILES string of the molecule is O=P(O)(O)c1ccc(-c2cc(-c3ccccn3)nc(-c3cc(-c4ccc(P(=O)(O)O)cc4)cc(-c4ccccn4)n3)c2)cc1. The highest BCUT2D eigenvalue weighted by Crippen LogP contribution is 2.37. The first-order chi connectivity index (χ1) is 21.0. The molecule has 218 valence electrons. The molecule has 0 fully saturated rings. The van der Waals surface area contributed by atoms with Crippen LogP contribution in [0.2, 0.25) is 0 Å². The summed E-state index contributed by atoms with van der Waals surface area (Å²) in [5, 5.41) is -0.167. The van der Waals surface area contributed by atoms with Crippen LogP contribution >= 0.6 is 15.2 Å². The molecule has 12 heteroatoms. The standard InChI is InChI=1S/C32H24N4O6P2/c37-43(38,39)25-11-7-21(8-12-25)23-17-29(27-5-1-3-15-33-27)35-31(19-23)32-20-24(18-30(36-32)28-6-2-4-16-34-28)22-9-13-26(14-10-22)44(40,41)42/h1-20H,(H2,37,38,39)(H2,40,41,42). The minimum Gasteiger partial charge on any atom is -0.321 e. The second kappa shape index (κ2) is 11.8. The van der Waals surface area contributed by atoms with E-state index >= 15 is 0 Å². The predicted molar refractivity (Wildman–Crippen MR) is 168 cm³/mol. The van der Waals surface area contributed by atoms with Gasteiger partial charge < -0.3 is 19.6 Å². The van der Waals surface area contributed by atoms with E-state index in [-0.39, 0.29) is 10.6 Å². The van der Waals surface area contributed by atoms with Crippen LogP contribution in [0, 0.1) is 0 Å². The molecule has 0 saturated heterocycles. The lowest BCUT2D eigenvalue weighted by Crippen LogP contribution is -2.03. The fourth-order valence-corrected chi connectivity index (χ4v) is 5.72. The first-order valence-electron chi connectivity index (χ1n) is 13.2. The van der Waals surface area contributed by atoms with Crippen LogP contribution in [-0.2, 0) is 9.13 Å². The number of hydrogen-bond donors (Lipinski definition) is 4. The summed E-state index contributed by atoms with van der Waals surface area (Å²) >= 11 is 0. The molecule has 0 spiro atoms. The molecule has 6 aromatic rings. The lowest BCUT2D eigenvalue weighted by Gasteiger charge is -2.13. The Bertz CT molecular complexity index is 1900. The Morgan fingerprint density at radius 1 is 0.409 bits per heavy atom. The van der Waals surface area contributed by atoms with Gasteiger partial charge in [-0.1, -0.05) is 36.4 Å². The van der Waals surface area contributed by atoms with Crippen LogP contribution in [-0.4, -0.2) is 39.5 Å². The molecular weight excluding hydrogens is 598 g/mol. The Hall–Kier alpha value is -4.66. The Balaban J connectivity index is 1.54. The van der Waals surface area contributed by atoms with Crippen molar-refractivity contribution in [1.29, 1.82) is 0 Å². The van der Waals surface area contributed by atoms with Gasteiger partial charge in [0.1, 0.15) is 0 Å². The van der Waals surface area contributed by atoms with E-state index in [2.05, 4.69) is 9.97 Å². The highest BCUT2D eigenvalue weighted by molar-refractivity contribution is 7.60. The molecule has 0 unspecified atom stereocenters. The van der Waals surface area contributed by atoms with Gasteiger partial charge in [-0.05, 0) is 95.1 Å². The van der Waals surface area contributed by atoms with Gasteiger partial charge >= 0.3 is 15.2 Å². The fourth-order valence-electron chi connectivity index (χ4n) is 4.64. The second-order valence-electron chi connectivity index (χ2n) is 9.86. The van der Waals surface area contributed by atoms with E-state index in [1.165, 1.54) is 24.3 Å². The molecular formula is C32H24N4O6P2. The number of pyridine rings is 4. The Labute approximate surface area is 252 Å². The lowest BCUT2D eigenvalue weighted by molar-refractivity contribution is 0.385. The molecule has 0 saturated carbocycles. The molecule has 0 atom stereocenters. The zero-order valence-corrected chi connectivity index (χ0v) is 24.6. The van der Waals surface area contributed by atoms with Crippen molar-refractivity contribution in [2.45, 2.75) is 0 Å². The normalized spacial score (nSPS) is 11.8. The van der Waals surface area contributed by atoms with Gasteiger partial charge in [0.25, 0.3) is 0 Å². The maximum Gasteiger partial charge on any atom is 0.356 e. The van der Waals surface area contributed by atoms with Crippen LogP contribution in [0.25, 0.3) is 56.4 Å². The zero-order chi connectivity index (χ0) is 30.9. The summed E-state index contributed by atoms with van der Waals surface area (Å²) < 4.78 is 23.5. The molecule has 0 aliphatic rings. The summed E-state index contributed by atoms with van der Waals surface area (Å²) in [5.74, 6) is 0. The highest BCUT2D eigenvalue weighted by Gasteiger charge is 2.19. The van der Waals surface area contributed by atoms with Gasteiger partial charge in [-0.3, -0.25) is 19.1 Å². The largest absolute Gasteiger partial charge is 0.356 e. The molecule has 0 aliphatic heterocycles. The quantitative estimate of drug-likeness (QED) is 0.174. The van der Waals surface area contributed by atoms with Crippen LogP contribution in [0.5, 0.6) is 0 Å². The van der Waals surface area contributed by atoms with Crippen LogP contribution < -0.4 is 10.6 Å². The number of hydrogen-bond acceptors (Lipinski definition) is 6. The van der Waals surface area contributed by atoms with E-state index < -0.39 is 15.2 Å². The lowest BCUT2D eigenvalue weighted by atomic mass is 10.00. The Morgan fingerprint density at radius 2 is 0.750 bits per heavy atom. The number of benzene rings is 2. The van der Waals surface area contributed by atoms with E-state index in [9.17, 15) is 28.7 Å². The first kappa shape index (κ1) is 29.4. The second-order valence-corrected chi connectivity index (χ2v) is 13.1. The Kier molecular flexibility index (Phi) is 7.88. The van der Waals surface area contributed by atoms with Crippen LogP contribution in [0.15, 0.2) is 122 Å². The van der Waals surface area contributed by atoms with E-state index in [0.29, 0.717) is 45.3 Å². The summed E-state index contributed by atoms with van der Waals surface area (Å²) in [4.78, 5) is 57.0. The van der Waals surface area contributed by atoms with Crippen molar-refractivity contribution < 1.29 is 28.7 Å². The van der Waals surface area contributed by atoms with Crippen LogP contribution in [0.4, 0.5) is 0 Å². The highest BCUT2D eigenvalue weighted by atomic mass is 31.2. The van der Waals surface area contributed by atoms with E-state index in [1.807, 2.05) is 48.5 Å². The maximum absolute atomic E-state index is 11.7. The van der Waals surface area contributed by atoms with Crippen LogP contribution in [0.3, 0.4) is 0 Å². The van der Waals surface area contributed by atoms with Gasteiger partial charge in [0.2, 0.25) is 0 Å². The van der Waals surface area contributed by atoms with Crippen molar-refractivity contribution in [3.8, 4) is 56.4 Å².